The van der Waals surface area contributed by atoms with E-state index in [1.54, 1.807) is 0 Å². The van der Waals surface area contributed by atoms with E-state index in [1.165, 1.54) is 5.56 Å². The summed E-state index contributed by atoms with van der Waals surface area (Å²) in [5.41, 5.74) is 1.32. The SMILES string of the molecule is O=C(CCN1CCC2(CC1)OCCO2)NCCCc1ccccc1. The third-order valence-electron chi connectivity index (χ3n) is 4.89. The molecule has 1 aromatic rings. The Hall–Kier alpha value is -1.43. The van der Waals surface area contributed by atoms with Gasteiger partial charge in [-0.25, -0.2) is 0 Å². The van der Waals surface area contributed by atoms with Gasteiger partial charge in [-0.15, -0.1) is 0 Å². The number of ether oxygens (including phenoxy) is 2. The molecule has 132 valence electrons. The number of amides is 1. The van der Waals surface area contributed by atoms with Gasteiger partial charge in [0.15, 0.2) is 5.79 Å². The summed E-state index contributed by atoms with van der Waals surface area (Å²) in [6.07, 6.45) is 4.38. The molecular weight excluding hydrogens is 304 g/mol. The Morgan fingerprint density at radius 2 is 1.83 bits per heavy atom. The van der Waals surface area contributed by atoms with E-state index in [0.29, 0.717) is 19.6 Å². The summed E-state index contributed by atoms with van der Waals surface area (Å²) in [4.78, 5) is 14.3. The number of piperidine rings is 1. The van der Waals surface area contributed by atoms with Crippen LogP contribution in [0.1, 0.15) is 31.2 Å². The van der Waals surface area contributed by atoms with Gasteiger partial charge in [0.2, 0.25) is 5.91 Å². The van der Waals surface area contributed by atoms with Crippen LogP contribution in [0.15, 0.2) is 30.3 Å². The topological polar surface area (TPSA) is 50.8 Å². The molecule has 5 nitrogen and oxygen atoms in total. The molecule has 0 atom stereocenters. The molecule has 2 heterocycles. The summed E-state index contributed by atoms with van der Waals surface area (Å²) in [6.45, 7) is 4.89. The molecule has 2 aliphatic rings. The van der Waals surface area contributed by atoms with Crippen LogP contribution in [0.25, 0.3) is 0 Å². The Balaban J connectivity index is 1.25. The first-order valence-corrected chi connectivity index (χ1v) is 9.07. The van der Waals surface area contributed by atoms with Crippen LogP contribution in [0, 0.1) is 0 Å². The van der Waals surface area contributed by atoms with E-state index in [0.717, 1.165) is 51.9 Å². The molecule has 2 fully saturated rings. The summed E-state index contributed by atoms with van der Waals surface area (Å²) in [5.74, 6) is -0.173. The lowest BCUT2D eigenvalue weighted by Crippen LogP contribution is -2.46. The smallest absolute Gasteiger partial charge is 0.221 e. The van der Waals surface area contributed by atoms with Crippen molar-refractivity contribution in [3.8, 4) is 0 Å². The van der Waals surface area contributed by atoms with Gasteiger partial charge in [0, 0.05) is 45.4 Å². The largest absolute Gasteiger partial charge is 0.356 e. The van der Waals surface area contributed by atoms with Gasteiger partial charge >= 0.3 is 0 Å². The summed E-state index contributed by atoms with van der Waals surface area (Å²) in [6, 6.07) is 10.4. The fraction of sp³-hybridized carbons (Fsp3) is 0.632. The minimum Gasteiger partial charge on any atom is -0.356 e. The van der Waals surface area contributed by atoms with E-state index >= 15 is 0 Å². The van der Waals surface area contributed by atoms with Crippen LogP contribution in [0.4, 0.5) is 0 Å². The normalized spacial score (nSPS) is 20.3. The fourth-order valence-electron chi connectivity index (χ4n) is 3.42. The van der Waals surface area contributed by atoms with Crippen molar-refractivity contribution in [2.24, 2.45) is 0 Å². The molecular formula is C19H28N2O3. The number of nitrogens with one attached hydrogen (secondary N) is 1. The number of benzene rings is 1. The number of carbonyl (C=O) groups is 1. The minimum atomic E-state index is -0.323. The zero-order chi connectivity index (χ0) is 16.7. The lowest BCUT2D eigenvalue weighted by Gasteiger charge is -2.37. The van der Waals surface area contributed by atoms with E-state index in [4.69, 9.17) is 9.47 Å². The Morgan fingerprint density at radius 1 is 1.12 bits per heavy atom. The highest BCUT2D eigenvalue weighted by Gasteiger charge is 2.39. The van der Waals surface area contributed by atoms with Gasteiger partial charge in [0.05, 0.1) is 13.2 Å². The van der Waals surface area contributed by atoms with E-state index in [-0.39, 0.29) is 11.7 Å². The first-order chi connectivity index (χ1) is 11.8. The van der Waals surface area contributed by atoms with Crippen molar-refractivity contribution in [3.05, 3.63) is 35.9 Å². The summed E-state index contributed by atoms with van der Waals surface area (Å²) >= 11 is 0. The first-order valence-electron chi connectivity index (χ1n) is 9.07. The second-order valence-corrected chi connectivity index (χ2v) is 6.64. The highest BCUT2D eigenvalue weighted by Crippen LogP contribution is 2.31. The van der Waals surface area contributed by atoms with Gasteiger partial charge in [0.25, 0.3) is 0 Å². The number of hydrogen-bond donors (Lipinski definition) is 1. The Labute approximate surface area is 144 Å². The lowest BCUT2D eigenvalue weighted by atomic mass is 10.0. The van der Waals surface area contributed by atoms with Gasteiger partial charge < -0.3 is 19.7 Å². The molecule has 0 saturated carbocycles. The number of likely N-dealkylation sites (tertiary alicyclic amines) is 1. The molecule has 3 rings (SSSR count). The maximum absolute atomic E-state index is 12.0. The molecule has 0 aromatic heterocycles. The van der Waals surface area contributed by atoms with Crippen molar-refractivity contribution in [1.82, 2.24) is 10.2 Å². The molecule has 0 bridgehead atoms. The van der Waals surface area contributed by atoms with Crippen molar-refractivity contribution in [2.75, 3.05) is 39.4 Å². The van der Waals surface area contributed by atoms with Crippen LogP contribution in [0.3, 0.4) is 0 Å². The molecule has 1 amide bonds. The van der Waals surface area contributed by atoms with E-state index < -0.39 is 0 Å². The van der Waals surface area contributed by atoms with Crippen LogP contribution < -0.4 is 5.32 Å². The second-order valence-electron chi connectivity index (χ2n) is 6.64. The molecule has 1 spiro atoms. The highest BCUT2D eigenvalue weighted by molar-refractivity contribution is 5.76. The van der Waals surface area contributed by atoms with Gasteiger partial charge in [-0.2, -0.15) is 0 Å². The highest BCUT2D eigenvalue weighted by atomic mass is 16.7. The Morgan fingerprint density at radius 3 is 2.54 bits per heavy atom. The predicted molar refractivity (Wildman–Crippen MR) is 92.7 cm³/mol. The molecule has 1 aromatic carbocycles. The fourth-order valence-corrected chi connectivity index (χ4v) is 3.42. The van der Waals surface area contributed by atoms with E-state index in [2.05, 4.69) is 34.5 Å². The van der Waals surface area contributed by atoms with Crippen molar-refractivity contribution < 1.29 is 14.3 Å². The number of aryl methyl sites for hydroxylation is 1. The maximum atomic E-state index is 12.0. The van der Waals surface area contributed by atoms with Gasteiger partial charge in [-0.05, 0) is 18.4 Å². The number of hydrogen-bond acceptors (Lipinski definition) is 4. The lowest BCUT2D eigenvalue weighted by molar-refractivity contribution is -0.185. The second kappa shape index (κ2) is 8.60. The molecule has 2 aliphatic heterocycles. The Bertz CT molecular complexity index is 505. The standard InChI is InChI=1S/C19H28N2O3/c22-18(20-11-4-7-17-5-2-1-3-6-17)8-12-21-13-9-19(10-14-21)23-15-16-24-19/h1-3,5-6H,4,7-16H2,(H,20,22). The van der Waals surface area contributed by atoms with Gasteiger partial charge in [0.1, 0.15) is 0 Å². The predicted octanol–water partition coefficient (Wildman–Crippen LogP) is 1.96. The monoisotopic (exact) mass is 332 g/mol. The van der Waals surface area contributed by atoms with Crippen molar-refractivity contribution in [1.29, 1.82) is 0 Å². The number of nitrogens with zero attached hydrogens (tertiary/aromatic N) is 1. The zero-order valence-electron chi connectivity index (χ0n) is 14.3. The average Bonchev–Trinajstić information content (AvgIpc) is 3.07. The number of rotatable bonds is 7. The molecule has 24 heavy (non-hydrogen) atoms. The quantitative estimate of drug-likeness (QED) is 0.776. The van der Waals surface area contributed by atoms with Crippen LogP contribution >= 0.6 is 0 Å². The van der Waals surface area contributed by atoms with Crippen molar-refractivity contribution >= 4 is 5.91 Å². The minimum absolute atomic E-state index is 0.150. The molecule has 0 radical (unpaired) electrons. The molecule has 0 aliphatic carbocycles. The summed E-state index contributed by atoms with van der Waals surface area (Å²) in [5, 5.41) is 3.03. The van der Waals surface area contributed by atoms with Gasteiger partial charge in [-0.1, -0.05) is 30.3 Å². The van der Waals surface area contributed by atoms with Crippen LogP contribution in [0.2, 0.25) is 0 Å². The molecule has 5 heteroatoms. The molecule has 1 N–H and O–H groups in total. The third-order valence-corrected chi connectivity index (χ3v) is 4.89. The summed E-state index contributed by atoms with van der Waals surface area (Å²) < 4.78 is 11.5. The number of carbonyl (C=O) groups excluding carboxylic acids is 1. The maximum Gasteiger partial charge on any atom is 0.221 e. The van der Waals surface area contributed by atoms with Crippen LogP contribution in [0.5, 0.6) is 0 Å². The Kier molecular flexibility index (Phi) is 6.24. The van der Waals surface area contributed by atoms with Gasteiger partial charge in [-0.3, -0.25) is 4.79 Å². The van der Waals surface area contributed by atoms with Crippen LogP contribution in [-0.2, 0) is 20.7 Å². The van der Waals surface area contributed by atoms with Crippen molar-refractivity contribution in [3.63, 3.8) is 0 Å². The van der Waals surface area contributed by atoms with Crippen molar-refractivity contribution in [2.45, 2.75) is 37.9 Å². The molecule has 2 saturated heterocycles. The molecule has 0 unspecified atom stereocenters. The average molecular weight is 332 g/mol. The van der Waals surface area contributed by atoms with Crippen LogP contribution in [-0.4, -0.2) is 56.0 Å². The zero-order valence-corrected chi connectivity index (χ0v) is 14.3. The van der Waals surface area contributed by atoms with E-state index in [9.17, 15) is 4.79 Å². The summed E-state index contributed by atoms with van der Waals surface area (Å²) in [7, 11) is 0. The third kappa shape index (κ3) is 5.03. The van der Waals surface area contributed by atoms with E-state index in [1.807, 2.05) is 6.07 Å². The first kappa shape index (κ1) is 17.4.